The van der Waals surface area contributed by atoms with Crippen molar-refractivity contribution in [2.24, 2.45) is 23.5 Å². The van der Waals surface area contributed by atoms with E-state index in [0.29, 0.717) is 19.3 Å². The molecule has 4 atom stereocenters. The Bertz CT molecular complexity index is 426. The first-order valence-corrected chi connectivity index (χ1v) is 8.61. The molecule has 0 rings (SSSR count). The van der Waals surface area contributed by atoms with E-state index in [9.17, 15) is 19.5 Å². The number of aliphatic hydroxyl groups is 1. The van der Waals surface area contributed by atoms with Crippen molar-refractivity contribution in [1.82, 2.24) is 5.32 Å². The number of nitrogens with zero attached hydrogens (tertiary/aromatic N) is 1. The molecular formula is C17H34N3O4+. The molecule has 0 aromatic carbocycles. The number of primary amides is 1. The van der Waals surface area contributed by atoms with Crippen LogP contribution in [0, 0.1) is 17.8 Å². The normalized spacial score (nSPS) is 16.8. The molecule has 0 aliphatic carbocycles. The Labute approximate surface area is 145 Å². The van der Waals surface area contributed by atoms with Crippen LogP contribution in [0.5, 0.6) is 0 Å². The zero-order chi connectivity index (χ0) is 18.9. The number of aliphatic hydroxyl groups excluding tert-OH is 1. The molecule has 0 bridgehead atoms. The lowest BCUT2D eigenvalue weighted by molar-refractivity contribution is -0.891. The zero-order valence-electron chi connectivity index (χ0n) is 15.6. The fourth-order valence-electron chi connectivity index (χ4n) is 2.97. The van der Waals surface area contributed by atoms with Crippen LogP contribution in [-0.2, 0) is 14.4 Å². The van der Waals surface area contributed by atoms with Gasteiger partial charge in [0.1, 0.15) is 0 Å². The third-order valence-corrected chi connectivity index (χ3v) is 4.60. The average molecular weight is 344 g/mol. The standard InChI is InChI=1S/C17H33N3O4/c1-6-13(16(18)23)9-14(17(24)19-15(22)11-21)8-12(3)10-20(4,5)7-2/h11-15,22H,6-10H2,1-5H3,(H2-,18,19,23,24)/p+1. The van der Waals surface area contributed by atoms with E-state index in [0.717, 1.165) is 17.6 Å². The lowest BCUT2D eigenvalue weighted by atomic mass is 9.85. The summed E-state index contributed by atoms with van der Waals surface area (Å²) in [5.74, 6) is -1.46. The summed E-state index contributed by atoms with van der Waals surface area (Å²) in [4.78, 5) is 34.4. The van der Waals surface area contributed by atoms with Gasteiger partial charge in [-0.15, -0.1) is 0 Å². The highest BCUT2D eigenvalue weighted by Gasteiger charge is 2.29. The Morgan fingerprint density at radius 3 is 2.21 bits per heavy atom. The van der Waals surface area contributed by atoms with E-state index in [1.54, 1.807) is 0 Å². The molecular weight excluding hydrogens is 310 g/mol. The third kappa shape index (κ3) is 8.40. The molecule has 0 saturated carbocycles. The highest BCUT2D eigenvalue weighted by molar-refractivity contribution is 5.82. The maximum absolute atomic E-state index is 12.4. The number of nitrogens with two attached hydrogens (primary N) is 1. The molecule has 0 aromatic rings. The van der Waals surface area contributed by atoms with Crippen LogP contribution < -0.4 is 11.1 Å². The van der Waals surface area contributed by atoms with Gasteiger partial charge in [-0.25, -0.2) is 0 Å². The fourth-order valence-corrected chi connectivity index (χ4v) is 2.97. The summed E-state index contributed by atoms with van der Waals surface area (Å²) in [6.07, 6.45) is 0.198. The SMILES string of the molecule is CCC(CC(CC(C)C[N+](C)(C)CC)C(=O)NC(O)C=O)C(N)=O. The molecule has 2 amide bonds. The lowest BCUT2D eigenvalue weighted by Crippen LogP contribution is -2.45. The van der Waals surface area contributed by atoms with Crippen molar-refractivity contribution in [3.8, 4) is 0 Å². The Morgan fingerprint density at radius 2 is 1.79 bits per heavy atom. The molecule has 24 heavy (non-hydrogen) atoms. The summed E-state index contributed by atoms with van der Waals surface area (Å²) < 4.78 is 0.833. The van der Waals surface area contributed by atoms with Gasteiger partial charge in [-0.05, 0) is 26.2 Å². The van der Waals surface area contributed by atoms with Crippen LogP contribution >= 0.6 is 0 Å². The van der Waals surface area contributed by atoms with E-state index in [-0.39, 0.29) is 12.2 Å². The number of carbonyl (C=O) groups excluding carboxylic acids is 3. The predicted octanol–water partition coefficient (Wildman–Crippen LogP) is 0.260. The lowest BCUT2D eigenvalue weighted by Gasteiger charge is -2.32. The first-order valence-electron chi connectivity index (χ1n) is 8.61. The molecule has 0 heterocycles. The van der Waals surface area contributed by atoms with Crippen LogP contribution in [0.15, 0.2) is 0 Å². The molecule has 0 aliphatic rings. The number of hydrogen-bond acceptors (Lipinski definition) is 4. The van der Waals surface area contributed by atoms with Gasteiger partial charge in [0.05, 0.1) is 27.2 Å². The molecule has 0 aromatic heterocycles. The molecule has 0 saturated heterocycles. The second kappa shape index (κ2) is 10.4. The van der Waals surface area contributed by atoms with Crippen molar-refractivity contribution in [1.29, 1.82) is 0 Å². The molecule has 140 valence electrons. The van der Waals surface area contributed by atoms with Crippen LogP contribution in [-0.4, -0.2) is 61.1 Å². The van der Waals surface area contributed by atoms with Gasteiger partial charge in [-0.2, -0.15) is 0 Å². The molecule has 0 spiro atoms. The maximum atomic E-state index is 12.4. The Kier molecular flexibility index (Phi) is 9.77. The van der Waals surface area contributed by atoms with Crippen molar-refractivity contribution >= 4 is 18.1 Å². The van der Waals surface area contributed by atoms with Crippen LogP contribution in [0.25, 0.3) is 0 Å². The second-order valence-electron chi connectivity index (χ2n) is 7.31. The monoisotopic (exact) mass is 344 g/mol. The summed E-state index contributed by atoms with van der Waals surface area (Å²) in [6, 6.07) is 0. The summed E-state index contributed by atoms with van der Waals surface area (Å²) in [7, 11) is 4.25. The highest BCUT2D eigenvalue weighted by Crippen LogP contribution is 2.24. The smallest absolute Gasteiger partial charge is 0.225 e. The van der Waals surface area contributed by atoms with E-state index in [2.05, 4.69) is 33.3 Å². The molecule has 0 fully saturated rings. The second-order valence-corrected chi connectivity index (χ2v) is 7.31. The van der Waals surface area contributed by atoms with Gasteiger partial charge in [-0.1, -0.05) is 13.8 Å². The fraction of sp³-hybridized carbons (Fsp3) is 0.824. The average Bonchev–Trinajstić information content (AvgIpc) is 2.49. The van der Waals surface area contributed by atoms with Crippen LogP contribution in [0.2, 0.25) is 0 Å². The van der Waals surface area contributed by atoms with E-state index in [4.69, 9.17) is 5.73 Å². The third-order valence-electron chi connectivity index (χ3n) is 4.60. The summed E-state index contributed by atoms with van der Waals surface area (Å²) in [5, 5.41) is 11.6. The number of carbonyl (C=O) groups is 3. The molecule has 0 radical (unpaired) electrons. The number of nitrogens with one attached hydrogen (secondary N) is 1. The Hall–Kier alpha value is -1.47. The van der Waals surface area contributed by atoms with Gasteiger partial charge in [-0.3, -0.25) is 14.4 Å². The van der Waals surface area contributed by atoms with E-state index < -0.39 is 29.9 Å². The number of rotatable bonds is 12. The molecule has 7 heteroatoms. The summed E-state index contributed by atoms with van der Waals surface area (Å²) >= 11 is 0. The molecule has 0 aliphatic heterocycles. The summed E-state index contributed by atoms with van der Waals surface area (Å²) in [5.41, 5.74) is 5.40. The number of amides is 2. The van der Waals surface area contributed by atoms with E-state index >= 15 is 0 Å². The van der Waals surface area contributed by atoms with Gasteiger partial charge >= 0.3 is 0 Å². The van der Waals surface area contributed by atoms with Crippen LogP contribution in [0.3, 0.4) is 0 Å². The van der Waals surface area contributed by atoms with E-state index in [1.807, 2.05) is 6.92 Å². The van der Waals surface area contributed by atoms with Crippen molar-refractivity contribution in [2.75, 3.05) is 27.2 Å². The van der Waals surface area contributed by atoms with Crippen molar-refractivity contribution < 1.29 is 24.0 Å². The molecule has 7 nitrogen and oxygen atoms in total. The minimum Gasteiger partial charge on any atom is -0.369 e. The summed E-state index contributed by atoms with van der Waals surface area (Å²) in [6.45, 7) is 7.90. The molecule has 4 unspecified atom stereocenters. The Morgan fingerprint density at radius 1 is 1.21 bits per heavy atom. The van der Waals surface area contributed by atoms with Crippen LogP contribution in [0.4, 0.5) is 0 Å². The first kappa shape index (κ1) is 22.5. The van der Waals surface area contributed by atoms with Gasteiger partial charge in [0.25, 0.3) is 0 Å². The van der Waals surface area contributed by atoms with Gasteiger partial charge in [0.2, 0.25) is 11.8 Å². The first-order chi connectivity index (χ1) is 11.1. The van der Waals surface area contributed by atoms with Crippen molar-refractivity contribution in [3.63, 3.8) is 0 Å². The molecule has 4 N–H and O–H groups in total. The number of aldehydes is 1. The van der Waals surface area contributed by atoms with Crippen LogP contribution in [0.1, 0.15) is 40.0 Å². The zero-order valence-corrected chi connectivity index (χ0v) is 15.6. The van der Waals surface area contributed by atoms with Gasteiger partial charge in [0, 0.05) is 17.8 Å². The number of hydrogen-bond donors (Lipinski definition) is 3. The number of quaternary nitrogens is 1. The Balaban J connectivity index is 5.06. The van der Waals surface area contributed by atoms with Gasteiger partial charge < -0.3 is 20.6 Å². The van der Waals surface area contributed by atoms with Crippen molar-refractivity contribution in [2.45, 2.75) is 46.3 Å². The minimum absolute atomic E-state index is 0.245. The quantitative estimate of drug-likeness (QED) is 0.268. The van der Waals surface area contributed by atoms with Crippen molar-refractivity contribution in [3.05, 3.63) is 0 Å². The topological polar surface area (TPSA) is 109 Å². The maximum Gasteiger partial charge on any atom is 0.225 e. The highest BCUT2D eigenvalue weighted by atomic mass is 16.3. The largest absolute Gasteiger partial charge is 0.369 e. The van der Waals surface area contributed by atoms with E-state index in [1.165, 1.54) is 0 Å². The predicted molar refractivity (Wildman–Crippen MR) is 92.6 cm³/mol. The van der Waals surface area contributed by atoms with Gasteiger partial charge in [0.15, 0.2) is 12.5 Å². The minimum atomic E-state index is -1.52.